The van der Waals surface area contributed by atoms with Crippen molar-refractivity contribution in [3.8, 4) is 5.75 Å². The zero-order chi connectivity index (χ0) is 12.3. The molecule has 0 saturated carbocycles. The van der Waals surface area contributed by atoms with E-state index in [1.165, 1.54) is 17.8 Å². The average molecular weight is 313 g/mol. The number of thioether (sulfide) groups is 1. The number of para-hydroxylation sites is 1. The summed E-state index contributed by atoms with van der Waals surface area (Å²) in [4.78, 5) is 0.756. The highest BCUT2D eigenvalue weighted by molar-refractivity contribution is 9.10. The summed E-state index contributed by atoms with van der Waals surface area (Å²) in [5, 5.41) is 9.59. The molecule has 0 saturated heterocycles. The van der Waals surface area contributed by atoms with Gasteiger partial charge in [0.05, 0.1) is 0 Å². The van der Waals surface area contributed by atoms with E-state index in [0.29, 0.717) is 11.3 Å². The van der Waals surface area contributed by atoms with Crippen molar-refractivity contribution in [3.05, 3.63) is 58.3 Å². The van der Waals surface area contributed by atoms with E-state index < -0.39 is 0 Å². The molecule has 1 N–H and O–H groups in total. The van der Waals surface area contributed by atoms with Crippen LogP contribution < -0.4 is 0 Å². The number of hydrogen-bond donors (Lipinski definition) is 1. The largest absolute Gasteiger partial charge is 0.507 e. The van der Waals surface area contributed by atoms with E-state index in [4.69, 9.17) is 0 Å². The lowest BCUT2D eigenvalue weighted by Gasteiger charge is -2.05. The van der Waals surface area contributed by atoms with Gasteiger partial charge >= 0.3 is 0 Å². The molecule has 0 amide bonds. The number of benzene rings is 2. The Kier molecular flexibility index (Phi) is 4.07. The second-order valence-corrected chi connectivity index (χ2v) is 5.42. The van der Waals surface area contributed by atoms with Crippen molar-refractivity contribution in [1.29, 1.82) is 0 Å². The minimum absolute atomic E-state index is 0.226. The molecule has 17 heavy (non-hydrogen) atoms. The molecule has 4 heteroatoms. The number of rotatable bonds is 3. The summed E-state index contributed by atoms with van der Waals surface area (Å²) in [6.07, 6.45) is 0. The van der Waals surface area contributed by atoms with E-state index in [-0.39, 0.29) is 11.6 Å². The molecule has 0 heterocycles. The summed E-state index contributed by atoms with van der Waals surface area (Å²) in [6, 6.07) is 11.9. The Hall–Kier alpha value is -1.00. The average Bonchev–Trinajstić information content (AvgIpc) is 2.32. The number of hydrogen-bond acceptors (Lipinski definition) is 2. The molecular formula is C13H10BrFOS. The van der Waals surface area contributed by atoms with Gasteiger partial charge in [0.2, 0.25) is 0 Å². The van der Waals surface area contributed by atoms with Gasteiger partial charge in [0.15, 0.2) is 0 Å². The molecule has 0 aromatic heterocycles. The van der Waals surface area contributed by atoms with Crippen LogP contribution in [0.3, 0.4) is 0 Å². The van der Waals surface area contributed by atoms with Crippen molar-refractivity contribution in [1.82, 2.24) is 0 Å². The van der Waals surface area contributed by atoms with Gasteiger partial charge in [-0.25, -0.2) is 4.39 Å². The van der Waals surface area contributed by atoms with Crippen molar-refractivity contribution in [2.75, 3.05) is 0 Å². The monoisotopic (exact) mass is 312 g/mol. The molecular weight excluding hydrogens is 303 g/mol. The first-order valence-corrected chi connectivity index (χ1v) is 6.79. The first-order valence-electron chi connectivity index (χ1n) is 5.01. The fraction of sp³-hybridized carbons (Fsp3) is 0.0769. The van der Waals surface area contributed by atoms with Crippen LogP contribution >= 0.6 is 27.7 Å². The topological polar surface area (TPSA) is 20.2 Å². The Labute approximate surface area is 112 Å². The summed E-state index contributed by atoms with van der Waals surface area (Å²) in [5.74, 6) is 0.493. The molecule has 0 atom stereocenters. The fourth-order valence-electron chi connectivity index (χ4n) is 1.39. The maximum absolute atomic E-state index is 13.5. The highest BCUT2D eigenvalue weighted by atomic mass is 79.9. The first-order chi connectivity index (χ1) is 8.16. The molecule has 88 valence electrons. The lowest BCUT2D eigenvalue weighted by Crippen LogP contribution is -1.87. The molecule has 2 aromatic rings. The quantitative estimate of drug-likeness (QED) is 0.837. The van der Waals surface area contributed by atoms with Crippen LogP contribution in [-0.2, 0) is 5.75 Å². The lowest BCUT2D eigenvalue weighted by atomic mass is 10.2. The minimum atomic E-state index is -0.226. The first kappa shape index (κ1) is 12.5. The molecule has 0 aliphatic rings. The van der Waals surface area contributed by atoms with Crippen molar-refractivity contribution in [2.24, 2.45) is 0 Å². The standard InChI is InChI=1S/C13H10BrFOS/c14-10-5-6-11(15)9(7-10)8-17-13-4-2-1-3-12(13)16/h1-7,16H,8H2. The Bertz CT molecular complexity index is 531. The molecule has 2 rings (SSSR count). The zero-order valence-electron chi connectivity index (χ0n) is 8.86. The van der Waals surface area contributed by atoms with Gasteiger partial charge in [-0.15, -0.1) is 11.8 Å². The van der Waals surface area contributed by atoms with E-state index in [9.17, 15) is 9.50 Å². The summed E-state index contributed by atoms with van der Waals surface area (Å²) in [7, 11) is 0. The van der Waals surface area contributed by atoms with Gasteiger partial charge in [-0.1, -0.05) is 28.1 Å². The van der Waals surface area contributed by atoms with E-state index in [0.717, 1.165) is 9.37 Å². The van der Waals surface area contributed by atoms with Crippen LogP contribution in [0.2, 0.25) is 0 Å². The number of phenolic OH excluding ortho intramolecular Hbond substituents is 1. The van der Waals surface area contributed by atoms with Crippen molar-refractivity contribution in [3.63, 3.8) is 0 Å². The van der Waals surface area contributed by atoms with Crippen LogP contribution in [0.5, 0.6) is 5.75 Å². The van der Waals surface area contributed by atoms with Crippen molar-refractivity contribution < 1.29 is 9.50 Å². The van der Waals surface area contributed by atoms with E-state index >= 15 is 0 Å². The molecule has 2 aromatic carbocycles. The molecule has 0 unspecified atom stereocenters. The van der Waals surface area contributed by atoms with Crippen molar-refractivity contribution in [2.45, 2.75) is 10.6 Å². The molecule has 0 bridgehead atoms. The highest BCUT2D eigenvalue weighted by Gasteiger charge is 2.05. The zero-order valence-corrected chi connectivity index (χ0v) is 11.3. The fourth-order valence-corrected chi connectivity index (χ4v) is 2.72. The Morgan fingerprint density at radius 2 is 1.94 bits per heavy atom. The normalized spacial score (nSPS) is 10.5. The van der Waals surface area contributed by atoms with Gasteiger partial charge in [-0.3, -0.25) is 0 Å². The summed E-state index contributed by atoms with van der Waals surface area (Å²) >= 11 is 4.72. The third-order valence-electron chi connectivity index (χ3n) is 2.26. The Morgan fingerprint density at radius 3 is 2.71 bits per heavy atom. The van der Waals surface area contributed by atoms with Crippen LogP contribution in [0, 0.1) is 5.82 Å². The van der Waals surface area contributed by atoms with Gasteiger partial charge in [-0.05, 0) is 35.9 Å². The van der Waals surface area contributed by atoms with Gasteiger partial charge < -0.3 is 5.11 Å². The van der Waals surface area contributed by atoms with Gasteiger partial charge in [0.1, 0.15) is 11.6 Å². The van der Waals surface area contributed by atoms with E-state index in [1.807, 2.05) is 12.1 Å². The predicted molar refractivity (Wildman–Crippen MR) is 71.8 cm³/mol. The Morgan fingerprint density at radius 1 is 1.18 bits per heavy atom. The van der Waals surface area contributed by atoms with Gasteiger partial charge in [0, 0.05) is 15.1 Å². The second-order valence-electron chi connectivity index (χ2n) is 3.49. The molecule has 0 fully saturated rings. The van der Waals surface area contributed by atoms with Crippen LogP contribution in [0.25, 0.3) is 0 Å². The molecule has 0 aliphatic carbocycles. The highest BCUT2D eigenvalue weighted by Crippen LogP contribution is 2.31. The maximum Gasteiger partial charge on any atom is 0.129 e. The van der Waals surface area contributed by atoms with Crippen LogP contribution in [0.1, 0.15) is 5.56 Å². The minimum Gasteiger partial charge on any atom is -0.507 e. The van der Waals surface area contributed by atoms with E-state index in [2.05, 4.69) is 15.9 Å². The molecule has 0 spiro atoms. The SMILES string of the molecule is Oc1ccccc1SCc1cc(Br)ccc1F. The smallest absolute Gasteiger partial charge is 0.129 e. The third kappa shape index (κ3) is 3.23. The number of phenols is 1. The number of halogens is 2. The lowest BCUT2D eigenvalue weighted by molar-refractivity contribution is 0.462. The summed E-state index contributed by atoms with van der Waals surface area (Å²) in [6.45, 7) is 0. The van der Waals surface area contributed by atoms with E-state index in [1.54, 1.807) is 24.3 Å². The van der Waals surface area contributed by atoms with Crippen molar-refractivity contribution >= 4 is 27.7 Å². The molecule has 0 radical (unpaired) electrons. The maximum atomic E-state index is 13.5. The molecule has 0 aliphatic heterocycles. The molecule has 1 nitrogen and oxygen atoms in total. The summed E-state index contributed by atoms with van der Waals surface area (Å²) in [5.41, 5.74) is 0.618. The predicted octanol–water partition coefficient (Wildman–Crippen LogP) is 4.59. The van der Waals surface area contributed by atoms with Gasteiger partial charge in [0.25, 0.3) is 0 Å². The van der Waals surface area contributed by atoms with Crippen LogP contribution in [0.15, 0.2) is 51.8 Å². The van der Waals surface area contributed by atoms with Crippen LogP contribution in [0.4, 0.5) is 4.39 Å². The second kappa shape index (κ2) is 5.56. The summed E-state index contributed by atoms with van der Waals surface area (Å²) < 4.78 is 14.3. The third-order valence-corrected chi connectivity index (χ3v) is 3.86. The Balaban J connectivity index is 2.12. The van der Waals surface area contributed by atoms with Crippen LogP contribution in [-0.4, -0.2) is 5.11 Å². The number of aromatic hydroxyl groups is 1. The van der Waals surface area contributed by atoms with Gasteiger partial charge in [-0.2, -0.15) is 0 Å².